The summed E-state index contributed by atoms with van der Waals surface area (Å²) in [6.45, 7) is 1.81. The van der Waals surface area contributed by atoms with Gasteiger partial charge in [-0.1, -0.05) is 11.2 Å². The van der Waals surface area contributed by atoms with Gasteiger partial charge in [0, 0.05) is 11.6 Å². The molecule has 0 atom stereocenters. The van der Waals surface area contributed by atoms with Crippen LogP contribution in [0.2, 0.25) is 0 Å². The zero-order valence-electron chi connectivity index (χ0n) is 11.4. The molecule has 106 valence electrons. The summed E-state index contributed by atoms with van der Waals surface area (Å²) < 4.78 is 10.2. The van der Waals surface area contributed by atoms with Gasteiger partial charge in [-0.05, 0) is 24.6 Å². The van der Waals surface area contributed by atoms with Crippen LogP contribution in [0.25, 0.3) is 23.0 Å². The molecule has 1 aromatic carbocycles. The molecule has 0 saturated heterocycles. The quantitative estimate of drug-likeness (QED) is 0.787. The molecule has 0 amide bonds. The van der Waals surface area contributed by atoms with E-state index in [2.05, 4.69) is 20.1 Å². The molecule has 0 aliphatic carbocycles. The van der Waals surface area contributed by atoms with Gasteiger partial charge in [-0.25, -0.2) is 9.97 Å². The highest BCUT2D eigenvalue weighted by Gasteiger charge is 2.13. The lowest BCUT2D eigenvalue weighted by molar-refractivity contribution is 0.397. The molecular weight excluding hydrogens is 272 g/mol. The van der Waals surface area contributed by atoms with Gasteiger partial charge >= 0.3 is 0 Å². The summed E-state index contributed by atoms with van der Waals surface area (Å²) in [6.07, 6.45) is 1.36. The number of hydrogen-bond acceptors (Lipinski definition) is 7. The van der Waals surface area contributed by atoms with Gasteiger partial charge in [0.1, 0.15) is 17.8 Å². The SMILES string of the molecule is COc1cc(-c2noc(-c3ccc(C)c(O)c3)n2)ncn1. The molecule has 21 heavy (non-hydrogen) atoms. The van der Waals surface area contributed by atoms with Gasteiger partial charge < -0.3 is 14.4 Å². The molecule has 0 unspecified atom stereocenters. The van der Waals surface area contributed by atoms with Crippen molar-refractivity contribution in [2.45, 2.75) is 6.92 Å². The van der Waals surface area contributed by atoms with Crippen LogP contribution < -0.4 is 4.74 Å². The Morgan fingerprint density at radius 3 is 2.81 bits per heavy atom. The minimum Gasteiger partial charge on any atom is -0.508 e. The molecule has 7 heteroatoms. The number of aryl methyl sites for hydroxylation is 1. The standard InChI is InChI=1S/C14H12N4O3/c1-8-3-4-9(5-11(8)19)14-17-13(18-21-14)10-6-12(20-2)16-7-15-10/h3-7,19H,1-2H3. The van der Waals surface area contributed by atoms with E-state index in [0.29, 0.717) is 28.9 Å². The number of hydrogen-bond donors (Lipinski definition) is 1. The Balaban J connectivity index is 1.97. The van der Waals surface area contributed by atoms with Crippen molar-refractivity contribution >= 4 is 0 Å². The molecule has 1 N–H and O–H groups in total. The van der Waals surface area contributed by atoms with E-state index < -0.39 is 0 Å². The van der Waals surface area contributed by atoms with Crippen LogP contribution in [0.5, 0.6) is 11.6 Å². The predicted molar refractivity (Wildman–Crippen MR) is 73.7 cm³/mol. The van der Waals surface area contributed by atoms with E-state index in [0.717, 1.165) is 5.56 Å². The van der Waals surface area contributed by atoms with Crippen LogP contribution in [-0.2, 0) is 0 Å². The van der Waals surface area contributed by atoms with Gasteiger partial charge in [-0.3, -0.25) is 0 Å². The number of ether oxygens (including phenoxy) is 1. The van der Waals surface area contributed by atoms with E-state index in [1.165, 1.54) is 13.4 Å². The van der Waals surface area contributed by atoms with Crippen molar-refractivity contribution in [3.05, 3.63) is 36.2 Å². The second-order valence-corrected chi connectivity index (χ2v) is 4.37. The third kappa shape index (κ3) is 2.53. The molecule has 3 rings (SSSR count). The third-order valence-corrected chi connectivity index (χ3v) is 2.96. The minimum absolute atomic E-state index is 0.177. The minimum atomic E-state index is 0.177. The Bertz CT molecular complexity index is 785. The first-order chi connectivity index (χ1) is 10.2. The van der Waals surface area contributed by atoms with Crippen molar-refractivity contribution < 1.29 is 14.4 Å². The van der Waals surface area contributed by atoms with E-state index >= 15 is 0 Å². The summed E-state index contributed by atoms with van der Waals surface area (Å²) in [7, 11) is 1.52. The maximum absolute atomic E-state index is 9.73. The van der Waals surface area contributed by atoms with Crippen LogP contribution in [0.4, 0.5) is 0 Å². The zero-order chi connectivity index (χ0) is 14.8. The first-order valence-corrected chi connectivity index (χ1v) is 6.17. The molecule has 2 aromatic heterocycles. The van der Waals surface area contributed by atoms with E-state index in [1.807, 2.05) is 6.92 Å². The first-order valence-electron chi connectivity index (χ1n) is 6.17. The number of benzene rings is 1. The lowest BCUT2D eigenvalue weighted by Gasteiger charge is -1.99. The topological polar surface area (TPSA) is 94.2 Å². The van der Waals surface area contributed by atoms with Gasteiger partial charge in [0.15, 0.2) is 0 Å². The second kappa shape index (κ2) is 5.20. The van der Waals surface area contributed by atoms with Crippen LogP contribution in [-0.4, -0.2) is 32.3 Å². The maximum atomic E-state index is 9.73. The van der Waals surface area contributed by atoms with Crippen LogP contribution in [0.15, 0.2) is 35.1 Å². The summed E-state index contributed by atoms with van der Waals surface area (Å²) in [5.41, 5.74) is 1.91. The van der Waals surface area contributed by atoms with Crippen LogP contribution in [0.1, 0.15) is 5.56 Å². The Kier molecular flexibility index (Phi) is 3.23. The van der Waals surface area contributed by atoms with Gasteiger partial charge in [-0.2, -0.15) is 4.98 Å². The lowest BCUT2D eigenvalue weighted by atomic mass is 10.1. The van der Waals surface area contributed by atoms with Crippen molar-refractivity contribution in [1.29, 1.82) is 0 Å². The normalized spacial score (nSPS) is 10.6. The van der Waals surface area contributed by atoms with Crippen molar-refractivity contribution in [2.24, 2.45) is 0 Å². The number of aromatic nitrogens is 4. The monoisotopic (exact) mass is 284 g/mol. The molecule has 0 radical (unpaired) electrons. The van der Waals surface area contributed by atoms with Gasteiger partial charge in [-0.15, -0.1) is 0 Å². The highest BCUT2D eigenvalue weighted by Crippen LogP contribution is 2.26. The average molecular weight is 284 g/mol. The van der Waals surface area contributed by atoms with Crippen molar-refractivity contribution in [3.8, 4) is 34.6 Å². The molecule has 3 aromatic rings. The number of nitrogens with zero attached hydrogens (tertiary/aromatic N) is 4. The van der Waals surface area contributed by atoms with E-state index in [9.17, 15) is 5.11 Å². The number of phenolic OH excluding ortho intramolecular Hbond substituents is 1. The smallest absolute Gasteiger partial charge is 0.258 e. The average Bonchev–Trinajstić information content (AvgIpc) is 3.00. The second-order valence-electron chi connectivity index (χ2n) is 4.37. The van der Waals surface area contributed by atoms with Gasteiger partial charge in [0.2, 0.25) is 11.7 Å². The van der Waals surface area contributed by atoms with Crippen molar-refractivity contribution in [2.75, 3.05) is 7.11 Å². The Morgan fingerprint density at radius 2 is 2.05 bits per heavy atom. The summed E-state index contributed by atoms with van der Waals surface area (Å²) in [4.78, 5) is 12.3. The molecule has 0 fully saturated rings. The molecule has 2 heterocycles. The first kappa shape index (κ1) is 13.0. The molecule has 7 nitrogen and oxygen atoms in total. The number of phenols is 1. The lowest BCUT2D eigenvalue weighted by Crippen LogP contribution is -1.91. The van der Waals surface area contributed by atoms with Crippen LogP contribution >= 0.6 is 0 Å². The fraction of sp³-hybridized carbons (Fsp3) is 0.143. The molecule has 0 aliphatic rings. The largest absolute Gasteiger partial charge is 0.508 e. The van der Waals surface area contributed by atoms with E-state index in [4.69, 9.17) is 9.26 Å². The van der Waals surface area contributed by atoms with Crippen LogP contribution in [0, 0.1) is 6.92 Å². The third-order valence-electron chi connectivity index (χ3n) is 2.96. The number of rotatable bonds is 3. The Morgan fingerprint density at radius 1 is 1.19 bits per heavy atom. The summed E-state index contributed by atoms with van der Waals surface area (Å²) >= 11 is 0. The highest BCUT2D eigenvalue weighted by molar-refractivity contribution is 5.60. The Labute approximate surface area is 120 Å². The zero-order valence-corrected chi connectivity index (χ0v) is 11.4. The van der Waals surface area contributed by atoms with Gasteiger partial charge in [0.25, 0.3) is 5.89 Å². The number of methoxy groups -OCH3 is 1. The maximum Gasteiger partial charge on any atom is 0.258 e. The molecule has 0 aliphatic heterocycles. The molecule has 0 spiro atoms. The summed E-state index contributed by atoms with van der Waals surface area (Å²) in [5.74, 6) is 1.22. The van der Waals surface area contributed by atoms with E-state index in [1.54, 1.807) is 24.3 Å². The fourth-order valence-electron chi connectivity index (χ4n) is 1.76. The fourth-order valence-corrected chi connectivity index (χ4v) is 1.76. The summed E-state index contributed by atoms with van der Waals surface area (Å²) in [5, 5.41) is 13.6. The van der Waals surface area contributed by atoms with E-state index in [-0.39, 0.29) is 5.75 Å². The molecule has 0 saturated carbocycles. The Hall–Kier alpha value is -2.96. The predicted octanol–water partition coefficient (Wildman–Crippen LogP) is 2.22. The molecular formula is C14H12N4O3. The number of aromatic hydroxyl groups is 1. The van der Waals surface area contributed by atoms with Crippen molar-refractivity contribution in [3.63, 3.8) is 0 Å². The summed E-state index contributed by atoms with van der Waals surface area (Å²) in [6, 6.07) is 6.77. The van der Waals surface area contributed by atoms with Gasteiger partial charge in [0.05, 0.1) is 7.11 Å². The highest BCUT2D eigenvalue weighted by atomic mass is 16.5. The van der Waals surface area contributed by atoms with Crippen molar-refractivity contribution in [1.82, 2.24) is 20.1 Å². The van der Waals surface area contributed by atoms with Crippen LogP contribution in [0.3, 0.4) is 0 Å². The molecule has 0 bridgehead atoms.